The van der Waals surface area contributed by atoms with E-state index in [1.54, 1.807) is 0 Å². The molecule has 1 aliphatic carbocycles. The molecular weight excluding hydrogens is 252 g/mol. The van der Waals surface area contributed by atoms with Crippen LogP contribution in [0.5, 0.6) is 0 Å². The highest BCUT2D eigenvalue weighted by Crippen LogP contribution is 2.30. The summed E-state index contributed by atoms with van der Waals surface area (Å²) in [5.41, 5.74) is 1.77. The van der Waals surface area contributed by atoms with Gasteiger partial charge in [-0.3, -0.25) is 4.98 Å². The quantitative estimate of drug-likeness (QED) is 0.872. The summed E-state index contributed by atoms with van der Waals surface area (Å²) in [6.45, 7) is 0.818. The van der Waals surface area contributed by atoms with Gasteiger partial charge in [0.15, 0.2) is 0 Å². The summed E-state index contributed by atoms with van der Waals surface area (Å²) < 4.78 is 0. The number of aromatic nitrogens is 1. The van der Waals surface area contributed by atoms with Crippen molar-refractivity contribution in [3.8, 4) is 0 Å². The fourth-order valence-corrected chi connectivity index (χ4v) is 2.68. The number of fused-ring (bicyclic) bond motifs is 1. The van der Waals surface area contributed by atoms with Crippen molar-refractivity contribution in [2.24, 2.45) is 5.92 Å². The van der Waals surface area contributed by atoms with Crippen LogP contribution in [0.25, 0.3) is 10.9 Å². The third kappa shape index (κ3) is 2.46. The zero-order valence-corrected chi connectivity index (χ0v) is 11.3. The number of nitrogens with zero attached hydrogens (tertiary/aromatic N) is 1. The average molecular weight is 270 g/mol. The molecule has 4 nitrogen and oxygen atoms in total. The second-order valence-corrected chi connectivity index (χ2v) is 5.38. The van der Waals surface area contributed by atoms with E-state index in [-0.39, 0.29) is 5.56 Å². The molecule has 1 heterocycles. The minimum Gasteiger partial charge on any atom is -0.478 e. The largest absolute Gasteiger partial charge is 0.478 e. The van der Waals surface area contributed by atoms with Crippen LogP contribution in [0, 0.1) is 5.92 Å². The van der Waals surface area contributed by atoms with Gasteiger partial charge in [0.25, 0.3) is 0 Å². The van der Waals surface area contributed by atoms with Crippen molar-refractivity contribution in [1.29, 1.82) is 0 Å². The van der Waals surface area contributed by atoms with E-state index >= 15 is 0 Å². The normalized spacial score (nSPS) is 15.0. The SMILES string of the molecule is O=C(O)c1cnc2ccccc2c1NCCC1CCC1. The molecule has 0 aliphatic heterocycles. The van der Waals surface area contributed by atoms with Gasteiger partial charge < -0.3 is 10.4 Å². The second-order valence-electron chi connectivity index (χ2n) is 5.38. The van der Waals surface area contributed by atoms with Crippen LogP contribution in [0.4, 0.5) is 5.69 Å². The second kappa shape index (κ2) is 5.49. The van der Waals surface area contributed by atoms with E-state index in [1.165, 1.54) is 25.5 Å². The summed E-state index contributed by atoms with van der Waals surface area (Å²) in [6, 6.07) is 7.64. The van der Waals surface area contributed by atoms with Gasteiger partial charge in [-0.05, 0) is 18.4 Å². The van der Waals surface area contributed by atoms with Gasteiger partial charge >= 0.3 is 5.97 Å². The highest BCUT2D eigenvalue weighted by molar-refractivity contribution is 6.04. The topological polar surface area (TPSA) is 62.2 Å². The molecule has 0 atom stereocenters. The maximum atomic E-state index is 11.3. The van der Waals surface area contributed by atoms with E-state index in [1.807, 2.05) is 24.3 Å². The average Bonchev–Trinajstić information content (AvgIpc) is 2.41. The van der Waals surface area contributed by atoms with Crippen LogP contribution in [-0.4, -0.2) is 22.6 Å². The first kappa shape index (κ1) is 12.9. The number of carbonyl (C=O) groups is 1. The summed E-state index contributed by atoms with van der Waals surface area (Å²) in [7, 11) is 0. The van der Waals surface area contributed by atoms with Gasteiger partial charge in [-0.15, -0.1) is 0 Å². The van der Waals surface area contributed by atoms with Crippen LogP contribution in [-0.2, 0) is 0 Å². The molecule has 104 valence electrons. The van der Waals surface area contributed by atoms with E-state index < -0.39 is 5.97 Å². The molecule has 0 bridgehead atoms. The van der Waals surface area contributed by atoms with E-state index in [0.29, 0.717) is 5.69 Å². The molecule has 2 aromatic rings. The number of para-hydroxylation sites is 1. The van der Waals surface area contributed by atoms with Crippen molar-refractivity contribution >= 4 is 22.6 Å². The zero-order chi connectivity index (χ0) is 13.9. The standard InChI is InChI=1S/C16H18N2O2/c19-16(20)13-10-18-14-7-2-1-6-12(14)15(13)17-9-8-11-4-3-5-11/h1-2,6-7,10-11H,3-5,8-9H2,(H,17,18)(H,19,20). The van der Waals surface area contributed by atoms with Crippen LogP contribution in [0.3, 0.4) is 0 Å². The van der Waals surface area contributed by atoms with E-state index in [9.17, 15) is 9.90 Å². The van der Waals surface area contributed by atoms with Gasteiger partial charge in [-0.25, -0.2) is 4.79 Å². The number of benzene rings is 1. The number of rotatable bonds is 5. The third-order valence-corrected chi connectivity index (χ3v) is 4.08. The smallest absolute Gasteiger partial charge is 0.339 e. The fourth-order valence-electron chi connectivity index (χ4n) is 2.68. The van der Waals surface area contributed by atoms with Crippen molar-refractivity contribution in [3.63, 3.8) is 0 Å². The number of hydrogen-bond acceptors (Lipinski definition) is 3. The van der Waals surface area contributed by atoms with Gasteiger partial charge in [-0.1, -0.05) is 37.5 Å². The first-order valence-electron chi connectivity index (χ1n) is 7.10. The number of aromatic carboxylic acids is 1. The molecule has 0 saturated heterocycles. The summed E-state index contributed by atoms with van der Waals surface area (Å²) in [5.74, 6) is -0.127. The number of anilines is 1. The Labute approximate surface area is 117 Å². The van der Waals surface area contributed by atoms with Crippen LogP contribution in [0.15, 0.2) is 30.5 Å². The molecule has 0 spiro atoms. The Hall–Kier alpha value is -2.10. The Morgan fingerprint density at radius 3 is 2.85 bits per heavy atom. The molecule has 1 aromatic heterocycles. The van der Waals surface area contributed by atoms with Gasteiger partial charge in [0.2, 0.25) is 0 Å². The highest BCUT2D eigenvalue weighted by Gasteiger charge is 2.18. The van der Waals surface area contributed by atoms with Crippen molar-refractivity contribution < 1.29 is 9.90 Å². The molecule has 20 heavy (non-hydrogen) atoms. The Kier molecular flexibility index (Phi) is 3.54. The lowest BCUT2D eigenvalue weighted by atomic mass is 9.83. The van der Waals surface area contributed by atoms with Gasteiger partial charge in [0.05, 0.1) is 11.2 Å². The molecular formula is C16H18N2O2. The lowest BCUT2D eigenvalue weighted by Crippen LogP contribution is -2.17. The molecule has 0 amide bonds. The number of hydrogen-bond donors (Lipinski definition) is 2. The van der Waals surface area contributed by atoms with Gasteiger partial charge in [0, 0.05) is 18.1 Å². The zero-order valence-electron chi connectivity index (χ0n) is 11.3. The third-order valence-electron chi connectivity index (χ3n) is 4.08. The molecule has 2 N–H and O–H groups in total. The van der Waals surface area contributed by atoms with Crippen LogP contribution in [0.1, 0.15) is 36.0 Å². The summed E-state index contributed by atoms with van der Waals surface area (Å²) >= 11 is 0. The van der Waals surface area contributed by atoms with Crippen molar-refractivity contribution in [2.75, 3.05) is 11.9 Å². The Morgan fingerprint density at radius 1 is 1.35 bits per heavy atom. The number of pyridine rings is 1. The first-order chi connectivity index (χ1) is 9.75. The Balaban J connectivity index is 1.88. The Morgan fingerprint density at radius 2 is 2.15 bits per heavy atom. The molecule has 0 radical (unpaired) electrons. The molecule has 1 aliphatic rings. The van der Waals surface area contributed by atoms with Crippen molar-refractivity contribution in [2.45, 2.75) is 25.7 Å². The lowest BCUT2D eigenvalue weighted by molar-refractivity contribution is 0.0697. The van der Waals surface area contributed by atoms with Gasteiger partial charge in [0.1, 0.15) is 5.56 Å². The van der Waals surface area contributed by atoms with Crippen molar-refractivity contribution in [1.82, 2.24) is 4.98 Å². The summed E-state index contributed by atoms with van der Waals surface area (Å²) in [6.07, 6.45) is 6.50. The molecule has 1 fully saturated rings. The molecule has 4 heteroatoms. The van der Waals surface area contributed by atoms with Crippen molar-refractivity contribution in [3.05, 3.63) is 36.0 Å². The summed E-state index contributed by atoms with van der Waals surface area (Å²) in [4.78, 5) is 15.6. The maximum absolute atomic E-state index is 11.3. The van der Waals surface area contributed by atoms with E-state index in [0.717, 1.165) is 29.8 Å². The minimum absolute atomic E-state index is 0.248. The monoisotopic (exact) mass is 270 g/mol. The van der Waals surface area contributed by atoms with Crippen LogP contribution < -0.4 is 5.32 Å². The lowest BCUT2D eigenvalue weighted by Gasteiger charge is -2.25. The van der Waals surface area contributed by atoms with E-state index in [4.69, 9.17) is 0 Å². The fraction of sp³-hybridized carbons (Fsp3) is 0.375. The summed E-state index contributed by atoms with van der Waals surface area (Å²) in [5, 5.41) is 13.5. The number of carboxylic acids is 1. The number of carboxylic acid groups (broad SMARTS) is 1. The minimum atomic E-state index is -0.936. The predicted octanol–water partition coefficient (Wildman–Crippen LogP) is 3.54. The molecule has 1 aromatic carbocycles. The van der Waals surface area contributed by atoms with Crippen LogP contribution >= 0.6 is 0 Å². The Bertz CT molecular complexity index is 635. The van der Waals surface area contributed by atoms with Crippen LogP contribution in [0.2, 0.25) is 0 Å². The molecule has 0 unspecified atom stereocenters. The number of nitrogens with one attached hydrogen (secondary N) is 1. The first-order valence-corrected chi connectivity index (χ1v) is 7.10. The molecule has 1 saturated carbocycles. The van der Waals surface area contributed by atoms with Gasteiger partial charge in [-0.2, -0.15) is 0 Å². The molecule has 3 rings (SSSR count). The maximum Gasteiger partial charge on any atom is 0.339 e. The van der Waals surface area contributed by atoms with E-state index in [2.05, 4.69) is 10.3 Å². The highest BCUT2D eigenvalue weighted by atomic mass is 16.4. The predicted molar refractivity (Wildman–Crippen MR) is 79.2 cm³/mol.